The Hall–Kier alpha value is -0.710. The molecule has 2 aromatic rings. The summed E-state index contributed by atoms with van der Waals surface area (Å²) in [6.07, 6.45) is 2.16. The molecule has 0 radical (unpaired) electrons. The number of aromatic nitrogens is 1. The van der Waals surface area contributed by atoms with Gasteiger partial charge in [-0.05, 0) is 60.4 Å². The van der Waals surface area contributed by atoms with Crippen LogP contribution in [0, 0.1) is 13.8 Å². The molecule has 0 fully saturated rings. The van der Waals surface area contributed by atoms with Gasteiger partial charge in [-0.15, -0.1) is 11.3 Å². The standard InChI is InChI=1S/C16H21BrN2S/c1-4-7-18-16(9-14-8-13(17)10-20-14)15-6-5-11(2)19-12(15)3/h5-6,8,10,16,18H,4,7,9H2,1-3H3. The molecule has 0 saturated heterocycles. The predicted octanol–water partition coefficient (Wildman–Crippen LogP) is 4.81. The van der Waals surface area contributed by atoms with E-state index in [4.69, 9.17) is 0 Å². The van der Waals surface area contributed by atoms with Crippen molar-refractivity contribution < 1.29 is 0 Å². The lowest BCUT2D eigenvalue weighted by atomic mass is 10.0. The van der Waals surface area contributed by atoms with Crippen LogP contribution >= 0.6 is 27.3 Å². The highest BCUT2D eigenvalue weighted by atomic mass is 79.9. The van der Waals surface area contributed by atoms with Crippen LogP contribution in [0.5, 0.6) is 0 Å². The van der Waals surface area contributed by atoms with Crippen LogP contribution in [0.15, 0.2) is 28.1 Å². The van der Waals surface area contributed by atoms with Gasteiger partial charge in [0.05, 0.1) is 0 Å². The molecule has 0 aromatic carbocycles. The number of nitrogens with zero attached hydrogens (tertiary/aromatic N) is 1. The van der Waals surface area contributed by atoms with E-state index in [1.807, 2.05) is 18.3 Å². The van der Waals surface area contributed by atoms with Gasteiger partial charge >= 0.3 is 0 Å². The first-order chi connectivity index (χ1) is 9.60. The van der Waals surface area contributed by atoms with Crippen LogP contribution in [-0.4, -0.2) is 11.5 Å². The highest BCUT2D eigenvalue weighted by molar-refractivity contribution is 9.10. The van der Waals surface area contributed by atoms with Gasteiger partial charge in [0, 0.05) is 38.6 Å². The van der Waals surface area contributed by atoms with Crippen molar-refractivity contribution in [1.82, 2.24) is 10.3 Å². The van der Waals surface area contributed by atoms with Gasteiger partial charge in [-0.1, -0.05) is 13.0 Å². The largest absolute Gasteiger partial charge is 0.310 e. The van der Waals surface area contributed by atoms with Crippen molar-refractivity contribution in [3.63, 3.8) is 0 Å². The average molecular weight is 353 g/mol. The maximum Gasteiger partial charge on any atom is 0.0423 e. The van der Waals surface area contributed by atoms with Gasteiger partial charge in [0.1, 0.15) is 0 Å². The topological polar surface area (TPSA) is 24.9 Å². The maximum atomic E-state index is 4.60. The third-order valence-electron chi connectivity index (χ3n) is 3.31. The van der Waals surface area contributed by atoms with Gasteiger partial charge in [0.25, 0.3) is 0 Å². The van der Waals surface area contributed by atoms with Crippen LogP contribution in [0.2, 0.25) is 0 Å². The number of hydrogen-bond acceptors (Lipinski definition) is 3. The summed E-state index contributed by atoms with van der Waals surface area (Å²) in [6.45, 7) is 7.38. The first-order valence-corrected chi connectivity index (χ1v) is 8.68. The third kappa shape index (κ3) is 4.14. The van der Waals surface area contributed by atoms with Gasteiger partial charge in [-0.2, -0.15) is 0 Å². The van der Waals surface area contributed by atoms with Gasteiger partial charge in [0.15, 0.2) is 0 Å². The van der Waals surface area contributed by atoms with E-state index < -0.39 is 0 Å². The molecule has 1 N–H and O–H groups in total. The molecule has 0 aliphatic heterocycles. The van der Waals surface area contributed by atoms with Gasteiger partial charge < -0.3 is 5.32 Å². The molecule has 2 heterocycles. The lowest BCUT2D eigenvalue weighted by molar-refractivity contribution is 0.528. The fourth-order valence-electron chi connectivity index (χ4n) is 2.34. The summed E-state index contributed by atoms with van der Waals surface area (Å²) in [5, 5.41) is 5.80. The van der Waals surface area contributed by atoms with Crippen molar-refractivity contribution in [2.24, 2.45) is 0 Å². The zero-order valence-electron chi connectivity index (χ0n) is 12.2. The quantitative estimate of drug-likeness (QED) is 0.806. The van der Waals surface area contributed by atoms with Crippen molar-refractivity contribution in [1.29, 1.82) is 0 Å². The fourth-order valence-corrected chi connectivity index (χ4v) is 3.84. The summed E-state index contributed by atoms with van der Waals surface area (Å²) < 4.78 is 1.17. The van der Waals surface area contributed by atoms with E-state index >= 15 is 0 Å². The van der Waals surface area contributed by atoms with Crippen LogP contribution in [0.3, 0.4) is 0 Å². The molecule has 2 aromatic heterocycles. The number of halogens is 1. The predicted molar refractivity (Wildman–Crippen MR) is 90.5 cm³/mol. The molecule has 108 valence electrons. The van der Waals surface area contributed by atoms with Crippen molar-refractivity contribution in [2.45, 2.75) is 39.7 Å². The van der Waals surface area contributed by atoms with Crippen molar-refractivity contribution in [3.05, 3.63) is 49.9 Å². The molecule has 4 heteroatoms. The van der Waals surface area contributed by atoms with E-state index in [1.165, 1.54) is 14.9 Å². The van der Waals surface area contributed by atoms with Crippen molar-refractivity contribution in [3.8, 4) is 0 Å². The summed E-state index contributed by atoms with van der Waals surface area (Å²) in [6, 6.07) is 6.87. The van der Waals surface area contributed by atoms with E-state index in [2.05, 4.69) is 63.7 Å². The van der Waals surface area contributed by atoms with Gasteiger partial charge in [-0.3, -0.25) is 4.98 Å². The van der Waals surface area contributed by atoms with Gasteiger partial charge in [0.2, 0.25) is 0 Å². The minimum absolute atomic E-state index is 0.341. The lowest BCUT2D eigenvalue weighted by Crippen LogP contribution is -2.25. The normalized spacial score (nSPS) is 12.6. The number of nitrogens with one attached hydrogen (secondary N) is 1. The summed E-state index contributed by atoms with van der Waals surface area (Å²) in [5.74, 6) is 0. The molecule has 0 saturated carbocycles. The first kappa shape index (κ1) is 15.7. The zero-order valence-corrected chi connectivity index (χ0v) is 14.6. The summed E-state index contributed by atoms with van der Waals surface area (Å²) in [4.78, 5) is 6.00. The second-order valence-electron chi connectivity index (χ2n) is 5.07. The molecule has 0 amide bonds. The van der Waals surface area contributed by atoms with E-state index in [-0.39, 0.29) is 0 Å². The number of pyridine rings is 1. The van der Waals surface area contributed by atoms with Crippen LogP contribution in [0.4, 0.5) is 0 Å². The van der Waals surface area contributed by atoms with E-state index in [1.54, 1.807) is 0 Å². The lowest BCUT2D eigenvalue weighted by Gasteiger charge is -2.20. The summed E-state index contributed by atoms with van der Waals surface area (Å²) in [7, 11) is 0. The van der Waals surface area contributed by atoms with Crippen LogP contribution < -0.4 is 5.32 Å². The van der Waals surface area contributed by atoms with Crippen LogP contribution in [0.25, 0.3) is 0 Å². The smallest absolute Gasteiger partial charge is 0.0423 e. The highest BCUT2D eigenvalue weighted by Gasteiger charge is 2.15. The minimum atomic E-state index is 0.341. The van der Waals surface area contributed by atoms with E-state index in [9.17, 15) is 0 Å². The molecule has 0 aliphatic carbocycles. The summed E-state index contributed by atoms with van der Waals surface area (Å²) in [5.41, 5.74) is 3.53. The van der Waals surface area contributed by atoms with E-state index in [0.29, 0.717) is 6.04 Å². The number of thiophene rings is 1. The monoisotopic (exact) mass is 352 g/mol. The summed E-state index contributed by atoms with van der Waals surface area (Å²) >= 11 is 5.34. The Bertz CT molecular complexity index is 565. The molecule has 20 heavy (non-hydrogen) atoms. The van der Waals surface area contributed by atoms with Crippen LogP contribution in [0.1, 0.15) is 41.2 Å². The average Bonchev–Trinajstić information content (AvgIpc) is 2.80. The molecule has 0 spiro atoms. The zero-order chi connectivity index (χ0) is 14.5. The Morgan fingerprint density at radius 3 is 2.75 bits per heavy atom. The fraction of sp³-hybridized carbons (Fsp3) is 0.438. The van der Waals surface area contributed by atoms with E-state index in [0.717, 1.165) is 30.8 Å². The van der Waals surface area contributed by atoms with Crippen molar-refractivity contribution >= 4 is 27.3 Å². The van der Waals surface area contributed by atoms with Gasteiger partial charge in [-0.25, -0.2) is 0 Å². The Labute approximate surface area is 133 Å². The van der Waals surface area contributed by atoms with Crippen LogP contribution in [-0.2, 0) is 6.42 Å². The van der Waals surface area contributed by atoms with Crippen molar-refractivity contribution in [2.75, 3.05) is 6.54 Å². The maximum absolute atomic E-state index is 4.60. The molecule has 2 rings (SSSR count). The second kappa shape index (κ2) is 7.34. The SMILES string of the molecule is CCCNC(Cc1cc(Br)cs1)c1ccc(C)nc1C. The number of hydrogen-bond donors (Lipinski definition) is 1. The number of rotatable bonds is 6. The Balaban J connectivity index is 2.22. The second-order valence-corrected chi connectivity index (χ2v) is 6.98. The Morgan fingerprint density at radius 2 is 2.15 bits per heavy atom. The molecule has 0 aliphatic rings. The Kier molecular flexibility index (Phi) is 5.75. The molecular formula is C16H21BrN2S. The molecule has 1 unspecified atom stereocenters. The third-order valence-corrected chi connectivity index (χ3v) is 5.03. The Morgan fingerprint density at radius 1 is 1.35 bits per heavy atom. The number of aryl methyl sites for hydroxylation is 2. The molecule has 1 atom stereocenters. The molecule has 2 nitrogen and oxygen atoms in total. The minimum Gasteiger partial charge on any atom is -0.310 e. The molecule has 0 bridgehead atoms. The molecular weight excluding hydrogens is 332 g/mol. The first-order valence-electron chi connectivity index (χ1n) is 7.00. The highest BCUT2D eigenvalue weighted by Crippen LogP contribution is 2.26.